The zero-order chi connectivity index (χ0) is 18.7. The van der Waals surface area contributed by atoms with Gasteiger partial charge < -0.3 is 27.2 Å². The van der Waals surface area contributed by atoms with Gasteiger partial charge in [-0.3, -0.25) is 0 Å². The Bertz CT molecular complexity index is 941. The zero-order valence-corrected chi connectivity index (χ0v) is 17.6. The molecule has 0 aliphatic rings. The summed E-state index contributed by atoms with van der Waals surface area (Å²) in [4.78, 5) is 0. The summed E-state index contributed by atoms with van der Waals surface area (Å²) in [6, 6.07) is 35.6. The van der Waals surface area contributed by atoms with Crippen LogP contribution in [0.15, 0.2) is 109 Å². The summed E-state index contributed by atoms with van der Waals surface area (Å²) in [6.07, 6.45) is 0. The molecule has 4 aromatic rings. The van der Waals surface area contributed by atoms with Gasteiger partial charge >= 0.3 is 0 Å². The highest BCUT2D eigenvalue weighted by atomic mass is 79.9. The van der Waals surface area contributed by atoms with Crippen molar-refractivity contribution in [3.63, 3.8) is 0 Å². The summed E-state index contributed by atoms with van der Waals surface area (Å²) in [5.74, 6) is 0.340. The number of benzene rings is 4. The highest BCUT2D eigenvalue weighted by Crippen LogP contribution is 2.56. The predicted octanol–water partition coefficient (Wildman–Crippen LogP) is 0.721. The lowest BCUT2D eigenvalue weighted by Crippen LogP contribution is -3.00. The molecule has 0 atom stereocenters. The number of hydrogen-bond acceptors (Lipinski definition) is 2. The molecule has 140 valence electrons. The predicted molar refractivity (Wildman–Crippen MR) is 115 cm³/mol. The van der Waals surface area contributed by atoms with Crippen molar-refractivity contribution in [3.8, 4) is 11.5 Å². The van der Waals surface area contributed by atoms with E-state index in [4.69, 9.17) is 0 Å². The summed E-state index contributed by atoms with van der Waals surface area (Å²) in [5, 5.41) is 25.3. The number of halogens is 1. The molecule has 2 nitrogen and oxygen atoms in total. The van der Waals surface area contributed by atoms with Crippen molar-refractivity contribution < 1.29 is 27.2 Å². The van der Waals surface area contributed by atoms with Gasteiger partial charge in [-0.05, 0) is 48.5 Å². The fourth-order valence-corrected chi connectivity index (χ4v) is 7.93. The maximum atomic E-state index is 10.9. The largest absolute Gasteiger partial charge is 1.00 e. The van der Waals surface area contributed by atoms with E-state index in [1.165, 1.54) is 6.07 Å². The van der Waals surface area contributed by atoms with Crippen LogP contribution in [0.3, 0.4) is 0 Å². The van der Waals surface area contributed by atoms with E-state index in [-0.39, 0.29) is 28.5 Å². The SMILES string of the molecule is Oc1ccc(O)c([P+](c2ccccc2)(c2ccccc2)c2ccccc2)c1.[Br-]. The molecule has 0 aliphatic carbocycles. The topological polar surface area (TPSA) is 40.5 Å². The molecule has 0 amide bonds. The summed E-state index contributed by atoms with van der Waals surface area (Å²) in [7, 11) is -2.38. The van der Waals surface area contributed by atoms with E-state index in [1.54, 1.807) is 12.1 Å². The van der Waals surface area contributed by atoms with Crippen LogP contribution in [0.5, 0.6) is 11.5 Å². The molecular weight excluding hydrogens is 431 g/mol. The number of hydrogen-bond donors (Lipinski definition) is 2. The Hall–Kier alpha value is -2.61. The van der Waals surface area contributed by atoms with Gasteiger partial charge in [0.1, 0.15) is 28.9 Å². The van der Waals surface area contributed by atoms with E-state index in [2.05, 4.69) is 36.4 Å². The Morgan fingerprint density at radius 3 is 1.29 bits per heavy atom. The van der Waals surface area contributed by atoms with Gasteiger partial charge in [0.15, 0.2) is 11.1 Å². The highest BCUT2D eigenvalue weighted by molar-refractivity contribution is 8.01. The second-order valence-corrected chi connectivity index (χ2v) is 9.72. The minimum atomic E-state index is -2.38. The van der Waals surface area contributed by atoms with Gasteiger partial charge in [0.05, 0.1) is 0 Å². The zero-order valence-electron chi connectivity index (χ0n) is 15.1. The van der Waals surface area contributed by atoms with Crippen molar-refractivity contribution in [1.29, 1.82) is 0 Å². The molecule has 0 saturated heterocycles. The lowest BCUT2D eigenvalue weighted by atomic mass is 10.3. The third-order valence-corrected chi connectivity index (χ3v) is 9.05. The first-order chi connectivity index (χ1) is 13.2. The minimum absolute atomic E-state index is 0. The van der Waals surface area contributed by atoms with Crippen LogP contribution in [-0.4, -0.2) is 10.2 Å². The Balaban J connectivity index is 0.00000225. The van der Waals surface area contributed by atoms with Gasteiger partial charge in [-0.15, -0.1) is 0 Å². The quantitative estimate of drug-likeness (QED) is 0.355. The Morgan fingerprint density at radius 1 is 0.500 bits per heavy atom. The molecule has 4 rings (SSSR count). The van der Waals surface area contributed by atoms with Crippen LogP contribution in [0.2, 0.25) is 0 Å². The van der Waals surface area contributed by atoms with Crippen LogP contribution in [0.4, 0.5) is 0 Å². The first kappa shape index (κ1) is 20.1. The smallest absolute Gasteiger partial charge is 0.159 e. The fraction of sp³-hybridized carbons (Fsp3) is 0. The van der Waals surface area contributed by atoms with Crippen LogP contribution in [0.25, 0.3) is 0 Å². The molecule has 2 N–H and O–H groups in total. The first-order valence-electron chi connectivity index (χ1n) is 8.81. The average Bonchev–Trinajstić information content (AvgIpc) is 2.73. The van der Waals surface area contributed by atoms with Gasteiger partial charge in [0.2, 0.25) is 0 Å². The van der Waals surface area contributed by atoms with Crippen molar-refractivity contribution in [2.24, 2.45) is 0 Å². The lowest BCUT2D eigenvalue weighted by molar-refractivity contribution is -0.00000717. The molecule has 0 saturated carbocycles. The van der Waals surface area contributed by atoms with Crippen molar-refractivity contribution in [2.45, 2.75) is 0 Å². The summed E-state index contributed by atoms with van der Waals surface area (Å²) < 4.78 is 0. The van der Waals surface area contributed by atoms with Crippen LogP contribution < -0.4 is 38.2 Å². The lowest BCUT2D eigenvalue weighted by Gasteiger charge is -2.28. The molecule has 4 aromatic carbocycles. The Labute approximate surface area is 176 Å². The van der Waals surface area contributed by atoms with E-state index in [0.717, 1.165) is 21.2 Å². The Kier molecular flexibility index (Phi) is 6.18. The molecule has 0 fully saturated rings. The molecule has 0 bridgehead atoms. The van der Waals surface area contributed by atoms with Gasteiger partial charge in [-0.25, -0.2) is 0 Å². The number of rotatable bonds is 4. The minimum Gasteiger partial charge on any atom is -1.00 e. The molecule has 0 aliphatic heterocycles. The third-order valence-electron chi connectivity index (χ3n) is 4.75. The molecule has 0 aromatic heterocycles. The monoisotopic (exact) mass is 450 g/mol. The van der Waals surface area contributed by atoms with E-state index >= 15 is 0 Å². The molecule has 0 unspecified atom stereocenters. The molecular formula is C24H20BrO2P. The van der Waals surface area contributed by atoms with Crippen molar-refractivity contribution in [3.05, 3.63) is 109 Å². The second-order valence-electron chi connectivity index (χ2n) is 6.35. The average molecular weight is 451 g/mol. The van der Waals surface area contributed by atoms with Crippen molar-refractivity contribution in [2.75, 3.05) is 0 Å². The number of phenolic OH excluding ortho intramolecular Hbond substituents is 2. The van der Waals surface area contributed by atoms with Crippen LogP contribution in [-0.2, 0) is 0 Å². The van der Waals surface area contributed by atoms with Crippen molar-refractivity contribution in [1.82, 2.24) is 0 Å². The molecule has 4 heteroatoms. The van der Waals surface area contributed by atoms with E-state index in [0.29, 0.717) is 0 Å². The molecule has 0 radical (unpaired) electrons. The number of phenols is 2. The molecule has 28 heavy (non-hydrogen) atoms. The summed E-state index contributed by atoms with van der Waals surface area (Å²) in [5.41, 5.74) is 0. The first-order valence-corrected chi connectivity index (χ1v) is 10.6. The molecule has 0 spiro atoms. The van der Waals surface area contributed by atoms with E-state index < -0.39 is 7.26 Å². The third kappa shape index (κ3) is 3.44. The van der Waals surface area contributed by atoms with Gasteiger partial charge in [0, 0.05) is 6.07 Å². The maximum absolute atomic E-state index is 10.9. The normalized spacial score (nSPS) is 10.9. The summed E-state index contributed by atoms with van der Waals surface area (Å²) in [6.45, 7) is 0. The van der Waals surface area contributed by atoms with Crippen LogP contribution >= 0.6 is 7.26 Å². The van der Waals surface area contributed by atoms with Gasteiger partial charge in [0.25, 0.3) is 0 Å². The van der Waals surface area contributed by atoms with E-state index in [9.17, 15) is 10.2 Å². The maximum Gasteiger partial charge on any atom is 0.159 e. The fourth-order valence-electron chi connectivity index (χ4n) is 3.60. The Morgan fingerprint density at radius 2 is 0.893 bits per heavy atom. The second kappa shape index (κ2) is 8.60. The van der Waals surface area contributed by atoms with Crippen LogP contribution in [0, 0.1) is 0 Å². The highest BCUT2D eigenvalue weighted by Gasteiger charge is 2.49. The van der Waals surface area contributed by atoms with Gasteiger partial charge in [-0.2, -0.15) is 0 Å². The van der Waals surface area contributed by atoms with E-state index in [1.807, 2.05) is 54.6 Å². The summed E-state index contributed by atoms with van der Waals surface area (Å²) >= 11 is 0. The standard InChI is InChI=1S/C24H19O2P.BrH/c25-19-16-17-23(26)24(18-19)27(20-10-4-1-5-11-20,21-12-6-2-7-13-21)22-14-8-3-9-15-22;/h1-18H,(H-,25,26);1H. The number of aromatic hydroxyl groups is 2. The van der Waals surface area contributed by atoms with Crippen LogP contribution in [0.1, 0.15) is 0 Å². The molecule has 0 heterocycles. The van der Waals surface area contributed by atoms with Gasteiger partial charge in [-0.1, -0.05) is 54.6 Å². The van der Waals surface area contributed by atoms with Crippen molar-refractivity contribution >= 4 is 28.5 Å².